The molecule has 0 aliphatic carbocycles. The van der Waals surface area contributed by atoms with Crippen molar-refractivity contribution in [1.29, 1.82) is 0 Å². The number of hydrogen-bond acceptors (Lipinski definition) is 3. The lowest BCUT2D eigenvalue weighted by atomic mass is 9.99. The van der Waals surface area contributed by atoms with Gasteiger partial charge >= 0.3 is 5.63 Å². The topological polar surface area (TPSA) is 39.4 Å². The van der Waals surface area contributed by atoms with E-state index in [1.165, 1.54) is 12.1 Å². The molecule has 1 aromatic heterocycles. The second-order valence-electron chi connectivity index (χ2n) is 6.47. The van der Waals surface area contributed by atoms with Crippen molar-refractivity contribution >= 4 is 22.6 Å². The largest absolute Gasteiger partial charge is 0.489 e. The molecule has 3 aromatic carbocycles. The third-order valence-corrected chi connectivity index (χ3v) is 4.84. The molecular weight excluding hydrogens is 379 g/mol. The average molecular weight is 395 g/mol. The molecule has 0 unspecified atom stereocenters. The normalized spacial score (nSPS) is 11.0. The lowest BCUT2D eigenvalue weighted by Crippen LogP contribution is -2.06. The second-order valence-corrected chi connectivity index (χ2v) is 6.91. The van der Waals surface area contributed by atoms with Crippen LogP contribution in [0.5, 0.6) is 5.75 Å². The first-order valence-electron chi connectivity index (χ1n) is 8.72. The lowest BCUT2D eigenvalue weighted by Gasteiger charge is -2.11. The van der Waals surface area contributed by atoms with Gasteiger partial charge in [-0.15, -0.1) is 0 Å². The predicted molar refractivity (Wildman–Crippen MR) is 108 cm³/mol. The fraction of sp³-hybridized carbons (Fsp3) is 0.0870. The van der Waals surface area contributed by atoms with Gasteiger partial charge in [-0.3, -0.25) is 0 Å². The zero-order valence-electron chi connectivity index (χ0n) is 15.0. The van der Waals surface area contributed by atoms with Crippen LogP contribution in [0.15, 0.2) is 75.9 Å². The Balaban J connectivity index is 1.70. The number of rotatable bonds is 4. The van der Waals surface area contributed by atoms with Crippen molar-refractivity contribution in [2.75, 3.05) is 0 Å². The van der Waals surface area contributed by atoms with Crippen LogP contribution in [-0.2, 0) is 6.61 Å². The van der Waals surface area contributed by atoms with E-state index in [2.05, 4.69) is 0 Å². The minimum absolute atomic E-state index is 0.283. The summed E-state index contributed by atoms with van der Waals surface area (Å²) < 4.78 is 24.3. The first kappa shape index (κ1) is 18.3. The highest BCUT2D eigenvalue weighted by Crippen LogP contribution is 2.30. The van der Waals surface area contributed by atoms with Crippen LogP contribution in [0.25, 0.3) is 22.1 Å². The molecule has 0 N–H and O–H groups in total. The quantitative estimate of drug-likeness (QED) is 0.390. The van der Waals surface area contributed by atoms with Crippen LogP contribution >= 0.6 is 11.6 Å². The zero-order chi connectivity index (χ0) is 19.7. The Hall–Kier alpha value is -3.11. The number of fused-ring (bicyclic) bond motifs is 1. The van der Waals surface area contributed by atoms with E-state index in [0.717, 1.165) is 22.1 Å². The van der Waals surface area contributed by atoms with E-state index in [-0.39, 0.29) is 5.82 Å². The maximum atomic E-state index is 13.0. The Morgan fingerprint density at radius 2 is 1.71 bits per heavy atom. The Labute approximate surface area is 166 Å². The van der Waals surface area contributed by atoms with Crippen molar-refractivity contribution in [3.63, 3.8) is 0 Å². The average Bonchev–Trinajstić information content (AvgIpc) is 2.69. The number of halogens is 2. The van der Waals surface area contributed by atoms with Crippen molar-refractivity contribution in [3.8, 4) is 16.9 Å². The van der Waals surface area contributed by atoms with Gasteiger partial charge < -0.3 is 9.15 Å². The first-order valence-corrected chi connectivity index (χ1v) is 9.10. The van der Waals surface area contributed by atoms with Gasteiger partial charge in [0.25, 0.3) is 0 Å². The Morgan fingerprint density at radius 3 is 2.43 bits per heavy atom. The highest BCUT2D eigenvalue weighted by Gasteiger charge is 2.14. The van der Waals surface area contributed by atoms with E-state index < -0.39 is 5.63 Å². The monoisotopic (exact) mass is 394 g/mol. The van der Waals surface area contributed by atoms with E-state index in [0.29, 0.717) is 28.5 Å². The third kappa shape index (κ3) is 3.64. The minimum Gasteiger partial charge on any atom is -0.489 e. The predicted octanol–water partition coefficient (Wildman–Crippen LogP) is 6.14. The number of benzene rings is 3. The number of aryl methyl sites for hydroxylation is 1. The number of hydrogen-bond donors (Lipinski definition) is 0. The van der Waals surface area contributed by atoms with Gasteiger partial charge in [-0.2, -0.15) is 0 Å². The second kappa shape index (κ2) is 7.49. The van der Waals surface area contributed by atoms with Gasteiger partial charge in [-0.1, -0.05) is 35.9 Å². The maximum Gasteiger partial charge on any atom is 0.344 e. The Morgan fingerprint density at radius 1 is 1.00 bits per heavy atom. The summed E-state index contributed by atoms with van der Waals surface area (Å²) in [5.74, 6) is 0.352. The van der Waals surface area contributed by atoms with Gasteiger partial charge in [0.15, 0.2) is 0 Å². The third-order valence-electron chi connectivity index (χ3n) is 4.59. The molecule has 0 saturated carbocycles. The van der Waals surface area contributed by atoms with Crippen LogP contribution in [0, 0.1) is 12.7 Å². The SMILES string of the molecule is Cc1c(-c2ccc(Cl)cc2)c(=O)oc2ccc(OCc3ccc(F)cc3)cc12. The smallest absolute Gasteiger partial charge is 0.344 e. The Kier molecular flexibility index (Phi) is 4.88. The van der Waals surface area contributed by atoms with Crippen molar-refractivity contribution in [1.82, 2.24) is 0 Å². The molecule has 0 atom stereocenters. The summed E-state index contributed by atoms with van der Waals surface area (Å²) in [6, 6.07) is 18.5. The summed E-state index contributed by atoms with van der Waals surface area (Å²) in [5, 5.41) is 1.39. The van der Waals surface area contributed by atoms with Crippen molar-refractivity contribution in [2.45, 2.75) is 13.5 Å². The van der Waals surface area contributed by atoms with Crippen LogP contribution in [0.4, 0.5) is 4.39 Å². The molecule has 0 aliphatic rings. The van der Waals surface area contributed by atoms with Gasteiger partial charge in [-0.05, 0) is 66.1 Å². The maximum absolute atomic E-state index is 13.0. The molecule has 0 bridgehead atoms. The summed E-state index contributed by atoms with van der Waals surface area (Å²) in [4.78, 5) is 12.5. The van der Waals surface area contributed by atoms with Crippen LogP contribution in [-0.4, -0.2) is 0 Å². The van der Waals surface area contributed by atoms with E-state index >= 15 is 0 Å². The molecule has 4 rings (SSSR count). The van der Waals surface area contributed by atoms with Crippen LogP contribution < -0.4 is 10.4 Å². The summed E-state index contributed by atoms with van der Waals surface area (Å²) in [6.45, 7) is 2.19. The molecule has 3 nitrogen and oxygen atoms in total. The van der Waals surface area contributed by atoms with Gasteiger partial charge in [0.05, 0.1) is 5.56 Å². The molecule has 1 heterocycles. The van der Waals surface area contributed by atoms with Crippen molar-refractivity contribution in [2.24, 2.45) is 0 Å². The van der Waals surface area contributed by atoms with Crippen LogP contribution in [0.2, 0.25) is 5.02 Å². The fourth-order valence-electron chi connectivity index (χ4n) is 3.12. The van der Waals surface area contributed by atoms with Gasteiger partial charge in [0.1, 0.15) is 23.8 Å². The standard InChI is InChI=1S/C23H16ClFO3/c1-14-20-12-19(27-13-15-2-8-18(25)9-3-15)10-11-21(20)28-23(26)22(14)16-4-6-17(24)7-5-16/h2-12H,13H2,1H3. The van der Waals surface area contributed by atoms with E-state index in [9.17, 15) is 9.18 Å². The lowest BCUT2D eigenvalue weighted by molar-refractivity contribution is 0.306. The summed E-state index contributed by atoms with van der Waals surface area (Å²) in [6.07, 6.45) is 0. The van der Waals surface area contributed by atoms with Gasteiger partial charge in [0, 0.05) is 10.4 Å². The molecule has 0 radical (unpaired) electrons. The van der Waals surface area contributed by atoms with Crippen LogP contribution in [0.1, 0.15) is 11.1 Å². The summed E-state index contributed by atoms with van der Waals surface area (Å²) in [5.41, 5.74) is 3.01. The molecule has 5 heteroatoms. The fourth-order valence-corrected chi connectivity index (χ4v) is 3.24. The van der Waals surface area contributed by atoms with E-state index in [1.807, 2.05) is 13.0 Å². The minimum atomic E-state index is -0.396. The molecule has 0 amide bonds. The van der Waals surface area contributed by atoms with E-state index in [1.54, 1.807) is 48.5 Å². The molecule has 0 fully saturated rings. The summed E-state index contributed by atoms with van der Waals surface area (Å²) >= 11 is 5.95. The highest BCUT2D eigenvalue weighted by atomic mass is 35.5. The molecule has 0 saturated heterocycles. The molecular formula is C23H16ClFO3. The highest BCUT2D eigenvalue weighted by molar-refractivity contribution is 6.30. The molecule has 0 spiro atoms. The van der Waals surface area contributed by atoms with E-state index in [4.69, 9.17) is 20.8 Å². The van der Waals surface area contributed by atoms with Gasteiger partial charge in [0.2, 0.25) is 0 Å². The Bertz CT molecular complexity index is 1200. The van der Waals surface area contributed by atoms with Crippen molar-refractivity contribution < 1.29 is 13.5 Å². The van der Waals surface area contributed by atoms with Crippen LogP contribution in [0.3, 0.4) is 0 Å². The van der Waals surface area contributed by atoms with Gasteiger partial charge in [-0.25, -0.2) is 9.18 Å². The zero-order valence-corrected chi connectivity index (χ0v) is 15.8. The van der Waals surface area contributed by atoms with Crippen molar-refractivity contribution in [3.05, 3.63) is 99.1 Å². The molecule has 140 valence electrons. The molecule has 0 aliphatic heterocycles. The number of ether oxygens (including phenoxy) is 1. The summed E-state index contributed by atoms with van der Waals surface area (Å²) in [7, 11) is 0. The first-order chi connectivity index (χ1) is 13.5. The molecule has 28 heavy (non-hydrogen) atoms. The molecule has 4 aromatic rings.